The summed E-state index contributed by atoms with van der Waals surface area (Å²) in [5, 5.41) is 1.38. The van der Waals surface area contributed by atoms with Crippen molar-refractivity contribution in [3.8, 4) is 5.75 Å². The van der Waals surface area contributed by atoms with Crippen LogP contribution in [-0.2, 0) is 13.2 Å². The highest BCUT2D eigenvalue weighted by Gasteiger charge is 2.24. The molecule has 0 aliphatic carbocycles. The number of piperazine rings is 1. The minimum Gasteiger partial charge on any atom is -0.486 e. The highest BCUT2D eigenvalue weighted by atomic mass is 35.5. The monoisotopic (exact) mass is 444 g/mol. The van der Waals surface area contributed by atoms with Crippen LogP contribution in [0.2, 0.25) is 10.0 Å². The van der Waals surface area contributed by atoms with Gasteiger partial charge >= 0.3 is 0 Å². The Hall–Kier alpha value is -2.47. The molecule has 1 saturated heterocycles. The van der Waals surface area contributed by atoms with E-state index in [1.165, 1.54) is 0 Å². The summed E-state index contributed by atoms with van der Waals surface area (Å²) in [5.74, 6) is 1.48. The Bertz CT molecular complexity index is 1010. The minimum atomic E-state index is -0.0959. The van der Waals surface area contributed by atoms with E-state index in [0.717, 1.165) is 30.2 Å². The van der Waals surface area contributed by atoms with Crippen LogP contribution in [0.4, 0.5) is 0 Å². The molecule has 7 heteroatoms. The Labute approximate surface area is 185 Å². The van der Waals surface area contributed by atoms with Crippen LogP contribution in [0.5, 0.6) is 5.75 Å². The standard InChI is InChI=1S/C23H22Cl2N2O3/c24-18-5-3-6-19(14-18)29-16-20-8-9-22(30-20)23(28)27-12-10-26(11-13-27)15-17-4-1-2-7-21(17)25/h1-9,14H,10-13,15-16H2. The van der Waals surface area contributed by atoms with Crippen LogP contribution in [0.25, 0.3) is 0 Å². The summed E-state index contributed by atoms with van der Waals surface area (Å²) in [4.78, 5) is 16.9. The summed E-state index contributed by atoms with van der Waals surface area (Å²) in [7, 11) is 0. The number of hydrogen-bond acceptors (Lipinski definition) is 4. The molecule has 0 radical (unpaired) electrons. The van der Waals surface area contributed by atoms with E-state index in [4.69, 9.17) is 32.4 Å². The van der Waals surface area contributed by atoms with E-state index < -0.39 is 0 Å². The summed E-state index contributed by atoms with van der Waals surface area (Å²) in [5.41, 5.74) is 1.11. The molecule has 5 nitrogen and oxygen atoms in total. The molecule has 156 valence electrons. The number of rotatable bonds is 6. The lowest BCUT2D eigenvalue weighted by Crippen LogP contribution is -2.48. The highest BCUT2D eigenvalue weighted by Crippen LogP contribution is 2.21. The first-order valence-corrected chi connectivity index (χ1v) is 10.6. The van der Waals surface area contributed by atoms with Crippen molar-refractivity contribution in [2.45, 2.75) is 13.2 Å². The molecule has 0 N–H and O–H groups in total. The fourth-order valence-electron chi connectivity index (χ4n) is 3.41. The molecule has 1 amide bonds. The first-order chi connectivity index (χ1) is 14.6. The van der Waals surface area contributed by atoms with E-state index in [1.807, 2.05) is 41.3 Å². The van der Waals surface area contributed by atoms with E-state index in [1.54, 1.807) is 24.3 Å². The second-order valence-electron chi connectivity index (χ2n) is 7.17. The van der Waals surface area contributed by atoms with Gasteiger partial charge in [-0.05, 0) is 42.0 Å². The number of carbonyl (C=O) groups is 1. The molecule has 3 aromatic rings. The van der Waals surface area contributed by atoms with Crippen LogP contribution in [0.3, 0.4) is 0 Å². The molecule has 2 heterocycles. The van der Waals surface area contributed by atoms with Crippen LogP contribution < -0.4 is 4.74 Å². The topological polar surface area (TPSA) is 45.9 Å². The molecule has 1 aliphatic rings. The summed E-state index contributed by atoms with van der Waals surface area (Å²) < 4.78 is 11.4. The predicted molar refractivity (Wildman–Crippen MR) is 117 cm³/mol. The van der Waals surface area contributed by atoms with Crippen molar-refractivity contribution in [2.24, 2.45) is 0 Å². The molecule has 4 rings (SSSR count). The smallest absolute Gasteiger partial charge is 0.289 e. The van der Waals surface area contributed by atoms with Crippen molar-refractivity contribution < 1.29 is 13.9 Å². The third kappa shape index (κ3) is 5.17. The molecule has 0 spiro atoms. The van der Waals surface area contributed by atoms with Gasteiger partial charge in [-0.25, -0.2) is 0 Å². The second-order valence-corrected chi connectivity index (χ2v) is 8.02. The van der Waals surface area contributed by atoms with Crippen LogP contribution in [0.15, 0.2) is 65.1 Å². The normalized spacial score (nSPS) is 14.7. The Morgan fingerprint density at radius 1 is 0.967 bits per heavy atom. The second kappa shape index (κ2) is 9.56. The molecule has 1 fully saturated rings. The lowest BCUT2D eigenvalue weighted by Gasteiger charge is -2.34. The van der Waals surface area contributed by atoms with E-state index in [-0.39, 0.29) is 12.5 Å². The molecule has 30 heavy (non-hydrogen) atoms. The number of amides is 1. The zero-order valence-electron chi connectivity index (χ0n) is 16.4. The SMILES string of the molecule is O=C(c1ccc(COc2cccc(Cl)c2)o1)N1CCN(Cc2ccccc2Cl)CC1. The molecule has 2 aromatic carbocycles. The Kier molecular flexibility index (Phi) is 6.62. The molecule has 0 bridgehead atoms. The van der Waals surface area contributed by atoms with Gasteiger partial charge in [0.15, 0.2) is 5.76 Å². The van der Waals surface area contributed by atoms with E-state index in [0.29, 0.717) is 35.4 Å². The molecule has 1 aliphatic heterocycles. The molecule has 0 saturated carbocycles. The van der Waals surface area contributed by atoms with Gasteiger partial charge in [-0.1, -0.05) is 47.5 Å². The van der Waals surface area contributed by atoms with E-state index in [9.17, 15) is 4.79 Å². The number of furan rings is 1. The summed E-state index contributed by atoms with van der Waals surface area (Å²) in [6.45, 7) is 3.91. The molecule has 0 unspecified atom stereocenters. The van der Waals surface area contributed by atoms with Crippen LogP contribution >= 0.6 is 23.2 Å². The molecular formula is C23H22Cl2N2O3. The molecule has 1 aromatic heterocycles. The summed E-state index contributed by atoms with van der Waals surface area (Å²) in [6.07, 6.45) is 0. The maximum atomic E-state index is 12.8. The predicted octanol–water partition coefficient (Wildman–Crippen LogP) is 5.12. The van der Waals surface area contributed by atoms with Gasteiger partial charge in [0.2, 0.25) is 0 Å². The van der Waals surface area contributed by atoms with Crippen LogP contribution in [0, 0.1) is 0 Å². The first kappa shape index (κ1) is 20.8. The van der Waals surface area contributed by atoms with Gasteiger partial charge < -0.3 is 14.1 Å². The van der Waals surface area contributed by atoms with Gasteiger partial charge in [-0.3, -0.25) is 9.69 Å². The lowest BCUT2D eigenvalue weighted by molar-refractivity contribution is 0.0594. The maximum Gasteiger partial charge on any atom is 0.289 e. The maximum absolute atomic E-state index is 12.8. The number of carbonyl (C=O) groups excluding carboxylic acids is 1. The molecular weight excluding hydrogens is 423 g/mol. The van der Waals surface area contributed by atoms with E-state index in [2.05, 4.69) is 4.90 Å². The van der Waals surface area contributed by atoms with Crippen LogP contribution in [-0.4, -0.2) is 41.9 Å². The first-order valence-electron chi connectivity index (χ1n) is 9.80. The van der Waals surface area contributed by atoms with Crippen molar-refractivity contribution in [1.29, 1.82) is 0 Å². The van der Waals surface area contributed by atoms with Crippen molar-refractivity contribution in [3.63, 3.8) is 0 Å². The van der Waals surface area contributed by atoms with Crippen LogP contribution in [0.1, 0.15) is 21.9 Å². The fraction of sp³-hybridized carbons (Fsp3) is 0.261. The molecule has 0 atom stereocenters. The lowest BCUT2D eigenvalue weighted by atomic mass is 10.2. The Morgan fingerprint density at radius 2 is 1.77 bits per heavy atom. The van der Waals surface area contributed by atoms with Crippen molar-refractivity contribution in [1.82, 2.24) is 9.80 Å². The average Bonchev–Trinajstić information content (AvgIpc) is 3.23. The number of ether oxygens (including phenoxy) is 1. The highest BCUT2D eigenvalue weighted by molar-refractivity contribution is 6.31. The number of nitrogens with zero attached hydrogens (tertiary/aromatic N) is 2. The van der Waals surface area contributed by atoms with Crippen molar-refractivity contribution in [3.05, 3.63) is 87.8 Å². The van der Waals surface area contributed by atoms with Gasteiger partial charge in [0, 0.05) is 42.8 Å². The zero-order chi connectivity index (χ0) is 20.9. The van der Waals surface area contributed by atoms with Gasteiger partial charge in [0.1, 0.15) is 18.1 Å². The van der Waals surface area contributed by atoms with E-state index >= 15 is 0 Å². The number of hydrogen-bond donors (Lipinski definition) is 0. The summed E-state index contributed by atoms with van der Waals surface area (Å²) in [6, 6.07) is 18.5. The van der Waals surface area contributed by atoms with Gasteiger partial charge in [-0.2, -0.15) is 0 Å². The third-order valence-electron chi connectivity index (χ3n) is 5.06. The van der Waals surface area contributed by atoms with Gasteiger partial charge in [0.05, 0.1) is 0 Å². The third-order valence-corrected chi connectivity index (χ3v) is 5.66. The minimum absolute atomic E-state index is 0.0959. The Balaban J connectivity index is 1.29. The quantitative estimate of drug-likeness (QED) is 0.528. The summed E-state index contributed by atoms with van der Waals surface area (Å²) >= 11 is 12.2. The van der Waals surface area contributed by atoms with Gasteiger partial charge in [-0.15, -0.1) is 0 Å². The fourth-order valence-corrected chi connectivity index (χ4v) is 3.79. The Morgan fingerprint density at radius 3 is 2.53 bits per heavy atom. The largest absolute Gasteiger partial charge is 0.486 e. The zero-order valence-corrected chi connectivity index (χ0v) is 17.9. The van der Waals surface area contributed by atoms with Gasteiger partial charge in [0.25, 0.3) is 5.91 Å². The number of halogens is 2. The number of benzene rings is 2. The van der Waals surface area contributed by atoms with Crippen molar-refractivity contribution >= 4 is 29.1 Å². The average molecular weight is 445 g/mol. The van der Waals surface area contributed by atoms with Crippen molar-refractivity contribution in [2.75, 3.05) is 26.2 Å².